The van der Waals surface area contributed by atoms with Crippen molar-refractivity contribution in [3.63, 3.8) is 0 Å². The van der Waals surface area contributed by atoms with Gasteiger partial charge in [-0.05, 0) is 31.7 Å². The Hall–Kier alpha value is -2.33. The van der Waals surface area contributed by atoms with E-state index < -0.39 is 0 Å². The Morgan fingerprint density at radius 3 is 2.83 bits per heavy atom. The van der Waals surface area contributed by atoms with Gasteiger partial charge >= 0.3 is 0 Å². The lowest BCUT2D eigenvalue weighted by molar-refractivity contribution is 0.206. The first-order valence-electron chi connectivity index (χ1n) is 8.15. The van der Waals surface area contributed by atoms with Gasteiger partial charge in [-0.3, -0.25) is 0 Å². The molecule has 1 saturated heterocycles. The molecule has 1 aliphatic heterocycles. The normalized spacial score (nSPS) is 18.6. The third kappa shape index (κ3) is 3.08. The van der Waals surface area contributed by atoms with Crippen LogP contribution in [0.4, 0.5) is 0 Å². The molecule has 1 unspecified atom stereocenters. The summed E-state index contributed by atoms with van der Waals surface area (Å²) in [4.78, 5) is 10.4. The lowest BCUT2D eigenvalue weighted by atomic mass is 10.1. The summed E-state index contributed by atoms with van der Waals surface area (Å²) in [7, 11) is 2.14. The average Bonchev–Trinajstić information content (AvgIpc) is 3.14. The van der Waals surface area contributed by atoms with E-state index in [1.54, 1.807) is 0 Å². The Bertz CT molecular complexity index is 778. The number of aromatic nitrogens is 2. The van der Waals surface area contributed by atoms with Gasteiger partial charge < -0.3 is 14.6 Å². The quantitative estimate of drug-likeness (QED) is 0.804. The lowest BCUT2D eigenvalue weighted by Gasteiger charge is -2.16. The summed E-state index contributed by atoms with van der Waals surface area (Å²) < 4.78 is 6.24. The maximum atomic E-state index is 6.24. The smallest absolute Gasteiger partial charge is 0.123 e. The van der Waals surface area contributed by atoms with Crippen LogP contribution in [0.15, 0.2) is 48.5 Å². The van der Waals surface area contributed by atoms with Crippen molar-refractivity contribution in [2.75, 3.05) is 20.1 Å². The van der Waals surface area contributed by atoms with E-state index in [4.69, 9.17) is 4.74 Å². The van der Waals surface area contributed by atoms with Gasteiger partial charge in [-0.2, -0.15) is 0 Å². The number of nitrogens with one attached hydrogen (secondary N) is 1. The van der Waals surface area contributed by atoms with Gasteiger partial charge in [0.05, 0.1) is 11.0 Å². The second-order valence-corrected chi connectivity index (χ2v) is 6.28. The number of hydrogen-bond donors (Lipinski definition) is 1. The van der Waals surface area contributed by atoms with Crippen LogP contribution in [0.1, 0.15) is 17.8 Å². The molecule has 0 amide bonds. The number of H-pyrrole nitrogens is 1. The molecule has 1 atom stereocenters. The number of rotatable bonds is 4. The molecule has 3 aromatic rings. The molecule has 118 valence electrons. The van der Waals surface area contributed by atoms with Crippen molar-refractivity contribution in [1.82, 2.24) is 14.9 Å². The lowest BCUT2D eigenvalue weighted by Crippen LogP contribution is -2.21. The van der Waals surface area contributed by atoms with Gasteiger partial charge in [-0.25, -0.2) is 4.98 Å². The fourth-order valence-corrected chi connectivity index (χ4v) is 3.20. The Morgan fingerprint density at radius 1 is 1.17 bits per heavy atom. The van der Waals surface area contributed by atoms with Crippen LogP contribution in [-0.4, -0.2) is 41.1 Å². The van der Waals surface area contributed by atoms with E-state index >= 15 is 0 Å². The number of nitrogens with zero attached hydrogens (tertiary/aromatic N) is 2. The van der Waals surface area contributed by atoms with Crippen molar-refractivity contribution in [2.45, 2.75) is 18.9 Å². The maximum Gasteiger partial charge on any atom is 0.123 e. The van der Waals surface area contributed by atoms with Gasteiger partial charge in [0, 0.05) is 25.1 Å². The summed E-state index contributed by atoms with van der Waals surface area (Å²) in [6.07, 6.45) is 2.14. The summed E-state index contributed by atoms with van der Waals surface area (Å²) in [6.45, 7) is 2.11. The summed E-state index contributed by atoms with van der Waals surface area (Å²) in [5.74, 6) is 1.96. The van der Waals surface area contributed by atoms with Crippen LogP contribution in [0.2, 0.25) is 0 Å². The van der Waals surface area contributed by atoms with E-state index in [-0.39, 0.29) is 6.10 Å². The van der Waals surface area contributed by atoms with Crippen LogP contribution in [0.3, 0.4) is 0 Å². The maximum absolute atomic E-state index is 6.24. The van der Waals surface area contributed by atoms with Crippen LogP contribution >= 0.6 is 0 Å². The molecule has 4 heteroatoms. The first-order chi connectivity index (χ1) is 11.3. The van der Waals surface area contributed by atoms with Gasteiger partial charge in [0.1, 0.15) is 17.7 Å². The van der Waals surface area contributed by atoms with E-state index in [1.807, 2.05) is 24.3 Å². The highest BCUT2D eigenvalue weighted by atomic mass is 16.5. The predicted octanol–water partition coefficient (Wildman–Crippen LogP) is 3.24. The molecule has 2 heterocycles. The molecular weight excluding hydrogens is 286 g/mol. The first-order valence-corrected chi connectivity index (χ1v) is 8.15. The highest BCUT2D eigenvalue weighted by molar-refractivity contribution is 5.74. The molecule has 4 nitrogen and oxygen atoms in total. The number of imidazole rings is 1. The minimum absolute atomic E-state index is 0.289. The van der Waals surface area contributed by atoms with Crippen LogP contribution in [0, 0.1) is 0 Å². The van der Waals surface area contributed by atoms with Crippen molar-refractivity contribution in [2.24, 2.45) is 0 Å². The number of aromatic amines is 1. The summed E-state index contributed by atoms with van der Waals surface area (Å²) >= 11 is 0. The zero-order valence-corrected chi connectivity index (χ0v) is 13.3. The topological polar surface area (TPSA) is 41.1 Å². The number of likely N-dealkylation sites (tertiary alicyclic amines) is 1. The van der Waals surface area contributed by atoms with Gasteiger partial charge in [0.25, 0.3) is 0 Å². The largest absolute Gasteiger partial charge is 0.489 e. The van der Waals surface area contributed by atoms with Crippen LogP contribution < -0.4 is 4.74 Å². The van der Waals surface area contributed by atoms with Crippen molar-refractivity contribution >= 4 is 11.0 Å². The monoisotopic (exact) mass is 307 g/mol. The molecule has 0 bridgehead atoms. The van der Waals surface area contributed by atoms with E-state index in [1.165, 1.54) is 5.56 Å². The Labute approximate surface area is 136 Å². The van der Waals surface area contributed by atoms with Crippen LogP contribution in [0.25, 0.3) is 11.0 Å². The Morgan fingerprint density at radius 2 is 2.00 bits per heavy atom. The van der Waals surface area contributed by atoms with E-state index in [0.29, 0.717) is 0 Å². The molecule has 0 aliphatic carbocycles. The standard InChI is InChI=1S/C19H21N3O/c1-22-11-10-15(13-22)23-18-9-5-2-6-14(18)12-19-20-16-7-3-4-8-17(16)21-19/h2-9,15H,10-13H2,1H3,(H,20,21). The van der Waals surface area contributed by atoms with Crippen molar-refractivity contribution in [3.05, 3.63) is 59.9 Å². The summed E-state index contributed by atoms with van der Waals surface area (Å²) in [5.41, 5.74) is 3.28. The highest BCUT2D eigenvalue weighted by Crippen LogP contribution is 2.24. The number of hydrogen-bond acceptors (Lipinski definition) is 3. The number of fused-ring (bicyclic) bond motifs is 1. The molecule has 1 fully saturated rings. The third-order valence-corrected chi connectivity index (χ3v) is 4.41. The number of ether oxygens (including phenoxy) is 1. The van der Waals surface area contributed by atoms with E-state index in [9.17, 15) is 0 Å². The van der Waals surface area contributed by atoms with Crippen molar-refractivity contribution in [3.8, 4) is 5.75 Å². The molecule has 0 radical (unpaired) electrons. The Kier molecular flexibility index (Phi) is 3.75. The average molecular weight is 307 g/mol. The summed E-state index contributed by atoms with van der Waals surface area (Å²) in [5, 5.41) is 0. The molecule has 23 heavy (non-hydrogen) atoms. The number of likely N-dealkylation sites (N-methyl/N-ethyl adjacent to an activating group) is 1. The number of benzene rings is 2. The molecule has 0 spiro atoms. The molecule has 4 rings (SSSR count). The second-order valence-electron chi connectivity index (χ2n) is 6.28. The van der Waals surface area contributed by atoms with Crippen LogP contribution in [-0.2, 0) is 6.42 Å². The van der Waals surface area contributed by atoms with Gasteiger partial charge in [-0.15, -0.1) is 0 Å². The number of para-hydroxylation sites is 3. The third-order valence-electron chi connectivity index (χ3n) is 4.41. The molecule has 1 aliphatic rings. The molecule has 1 aromatic heterocycles. The first kappa shape index (κ1) is 14.3. The van der Waals surface area contributed by atoms with E-state index in [2.05, 4.69) is 46.2 Å². The molecule has 1 N–H and O–H groups in total. The molecule has 2 aromatic carbocycles. The highest BCUT2D eigenvalue weighted by Gasteiger charge is 2.21. The molecular formula is C19H21N3O. The minimum Gasteiger partial charge on any atom is -0.489 e. The van der Waals surface area contributed by atoms with Crippen molar-refractivity contribution < 1.29 is 4.74 Å². The SMILES string of the molecule is CN1CCC(Oc2ccccc2Cc2nc3ccccc3[nH]2)C1. The Balaban J connectivity index is 1.56. The minimum atomic E-state index is 0.289. The van der Waals surface area contributed by atoms with Gasteiger partial charge in [0.2, 0.25) is 0 Å². The van der Waals surface area contributed by atoms with Gasteiger partial charge in [0.15, 0.2) is 0 Å². The fraction of sp³-hybridized carbons (Fsp3) is 0.316. The summed E-state index contributed by atoms with van der Waals surface area (Å²) in [6, 6.07) is 16.4. The molecule has 0 saturated carbocycles. The second kappa shape index (κ2) is 6.05. The van der Waals surface area contributed by atoms with Gasteiger partial charge in [-0.1, -0.05) is 30.3 Å². The zero-order valence-electron chi connectivity index (χ0n) is 13.3. The van der Waals surface area contributed by atoms with Crippen molar-refractivity contribution in [1.29, 1.82) is 0 Å². The zero-order chi connectivity index (χ0) is 15.6. The van der Waals surface area contributed by atoms with Crippen LogP contribution in [0.5, 0.6) is 5.75 Å². The predicted molar refractivity (Wildman–Crippen MR) is 91.9 cm³/mol. The fourth-order valence-electron chi connectivity index (χ4n) is 3.20. The van der Waals surface area contributed by atoms with E-state index in [0.717, 1.165) is 48.5 Å².